The molecule has 1 N–H and O–H groups in total. The van der Waals surface area contributed by atoms with Crippen LogP contribution in [0.5, 0.6) is 5.75 Å². The number of carbonyl (C=O) groups excluding carboxylic acids is 4. The standard InChI is InChI=1S/C27H20BrCl2N3O7/c28-12-31-24(37)26(29)11-19-17(21(27(26,30)25(31)38)13-3-1-6-16(34)9-13)7-8-18-20(19)23(36)32(22(18)35)14-4-2-5-15(10-14)33(39)40/h1-7,9-10,18-21,34H,8,11-12H2/t18-,19+,20-,21-,26+,27-/m0/s1. The summed E-state index contributed by atoms with van der Waals surface area (Å²) in [4.78, 5) is 63.5. The van der Waals surface area contributed by atoms with Gasteiger partial charge in [0.1, 0.15) is 5.75 Å². The number of benzene rings is 2. The van der Waals surface area contributed by atoms with Crippen molar-refractivity contribution in [3.05, 3.63) is 75.9 Å². The maximum atomic E-state index is 13.9. The van der Waals surface area contributed by atoms with Crippen molar-refractivity contribution in [3.8, 4) is 5.75 Å². The van der Waals surface area contributed by atoms with Gasteiger partial charge in [0, 0.05) is 18.1 Å². The summed E-state index contributed by atoms with van der Waals surface area (Å²) in [5.74, 6) is -6.07. The van der Waals surface area contributed by atoms with Gasteiger partial charge in [-0.25, -0.2) is 4.90 Å². The van der Waals surface area contributed by atoms with Crippen LogP contribution in [0.4, 0.5) is 11.4 Å². The summed E-state index contributed by atoms with van der Waals surface area (Å²) in [5, 5.41) is 21.6. The molecule has 2 aromatic rings. The molecule has 1 saturated carbocycles. The Bertz CT molecular complexity index is 1570. The molecule has 0 spiro atoms. The van der Waals surface area contributed by atoms with Crippen molar-refractivity contribution in [2.24, 2.45) is 17.8 Å². The van der Waals surface area contributed by atoms with E-state index in [1.807, 2.05) is 0 Å². The SMILES string of the molecule is O=C1[C@H]2[C@H](CC=C3[C@H]2C[C@@]2(Cl)C(=O)N(CBr)C(=O)[C@@]2(Cl)[C@H]3c2cccc(O)c2)C(=O)N1c1cccc([N+](=O)[O-])c1. The number of anilines is 1. The molecule has 40 heavy (non-hydrogen) atoms. The lowest BCUT2D eigenvalue weighted by Gasteiger charge is -2.50. The Kier molecular flexibility index (Phi) is 6.14. The second kappa shape index (κ2) is 9.12. The van der Waals surface area contributed by atoms with Crippen LogP contribution in [0.25, 0.3) is 0 Å². The first-order valence-corrected chi connectivity index (χ1v) is 14.2. The Morgan fingerprint density at radius 2 is 1.75 bits per heavy atom. The molecule has 4 amide bonds. The number of fused-ring (bicyclic) bond motifs is 4. The number of alkyl halides is 3. The lowest BCUT2D eigenvalue weighted by Crippen LogP contribution is -2.60. The third-order valence-electron chi connectivity index (χ3n) is 8.52. The van der Waals surface area contributed by atoms with Gasteiger partial charge in [-0.15, -0.1) is 23.2 Å². The highest BCUT2D eigenvalue weighted by molar-refractivity contribution is 9.09. The lowest BCUT2D eigenvalue weighted by atomic mass is 9.56. The van der Waals surface area contributed by atoms with Crippen molar-refractivity contribution >= 4 is 74.1 Å². The number of amides is 4. The average molecular weight is 649 g/mol. The lowest BCUT2D eigenvalue weighted by molar-refractivity contribution is -0.384. The molecule has 4 aliphatic rings. The van der Waals surface area contributed by atoms with Gasteiger partial charge in [-0.1, -0.05) is 45.8 Å². The number of phenols is 1. The number of phenolic OH excluding ortho intramolecular Hbond substituents is 1. The first-order chi connectivity index (χ1) is 19.0. The van der Waals surface area contributed by atoms with Crippen molar-refractivity contribution in [1.29, 1.82) is 0 Å². The number of hydrogen-bond donors (Lipinski definition) is 1. The molecule has 0 radical (unpaired) electrons. The number of nitrogens with zero attached hydrogens (tertiary/aromatic N) is 3. The van der Waals surface area contributed by atoms with Gasteiger partial charge in [0.15, 0.2) is 9.75 Å². The molecule has 2 heterocycles. The summed E-state index contributed by atoms with van der Waals surface area (Å²) in [6.07, 6.45) is 1.74. The molecule has 0 bridgehead atoms. The molecule has 0 aromatic heterocycles. The maximum Gasteiger partial charge on any atom is 0.271 e. The molecule has 3 fully saturated rings. The molecule has 6 atom stereocenters. The summed E-state index contributed by atoms with van der Waals surface area (Å²) < 4.78 is 0. The van der Waals surface area contributed by atoms with Crippen molar-refractivity contribution < 1.29 is 29.2 Å². The summed E-state index contributed by atoms with van der Waals surface area (Å²) >= 11 is 17.4. The van der Waals surface area contributed by atoms with Crippen LogP contribution in [-0.2, 0) is 19.2 Å². The number of halogens is 3. The van der Waals surface area contributed by atoms with Crippen LogP contribution in [0.3, 0.4) is 0 Å². The Labute approximate surface area is 245 Å². The zero-order valence-electron chi connectivity index (χ0n) is 20.5. The molecule has 2 saturated heterocycles. The van der Waals surface area contributed by atoms with Gasteiger partial charge in [0.25, 0.3) is 17.5 Å². The van der Waals surface area contributed by atoms with Crippen LogP contribution in [-0.4, -0.2) is 53.8 Å². The third kappa shape index (κ3) is 3.40. The van der Waals surface area contributed by atoms with Crippen LogP contribution < -0.4 is 4.90 Å². The Balaban J connectivity index is 1.50. The number of rotatable bonds is 4. The Morgan fingerprint density at radius 3 is 2.42 bits per heavy atom. The minimum absolute atomic E-state index is 0.0744. The number of allylic oxidation sites excluding steroid dienone is 2. The summed E-state index contributed by atoms with van der Waals surface area (Å²) in [6, 6.07) is 11.4. The van der Waals surface area contributed by atoms with E-state index >= 15 is 0 Å². The molecule has 206 valence electrons. The predicted octanol–water partition coefficient (Wildman–Crippen LogP) is 4.22. The van der Waals surface area contributed by atoms with Crippen LogP contribution in [0.1, 0.15) is 24.3 Å². The number of carbonyl (C=O) groups is 4. The monoisotopic (exact) mass is 647 g/mol. The van der Waals surface area contributed by atoms with Crippen molar-refractivity contribution in [2.45, 2.75) is 28.5 Å². The second-order valence-electron chi connectivity index (χ2n) is 10.4. The van der Waals surface area contributed by atoms with Gasteiger partial charge in [-0.3, -0.25) is 34.2 Å². The van der Waals surface area contributed by atoms with Crippen LogP contribution in [0.2, 0.25) is 0 Å². The van der Waals surface area contributed by atoms with E-state index in [-0.39, 0.29) is 35.4 Å². The Morgan fingerprint density at radius 1 is 1.02 bits per heavy atom. The van der Waals surface area contributed by atoms with E-state index in [0.29, 0.717) is 11.1 Å². The van der Waals surface area contributed by atoms with Gasteiger partial charge in [-0.2, -0.15) is 0 Å². The summed E-state index contributed by atoms with van der Waals surface area (Å²) in [6.45, 7) is 0. The summed E-state index contributed by atoms with van der Waals surface area (Å²) in [5.41, 5.74) is 0.668. The van der Waals surface area contributed by atoms with Gasteiger partial charge in [0.05, 0.1) is 27.9 Å². The quantitative estimate of drug-likeness (QED) is 0.131. The van der Waals surface area contributed by atoms with Crippen LogP contribution in [0.15, 0.2) is 60.2 Å². The van der Waals surface area contributed by atoms with E-state index in [2.05, 4.69) is 15.9 Å². The highest BCUT2D eigenvalue weighted by Crippen LogP contribution is 2.65. The van der Waals surface area contributed by atoms with E-state index < -0.39 is 62.0 Å². The van der Waals surface area contributed by atoms with E-state index in [9.17, 15) is 34.4 Å². The fraction of sp³-hybridized carbons (Fsp3) is 0.333. The van der Waals surface area contributed by atoms with Crippen molar-refractivity contribution in [2.75, 3.05) is 10.4 Å². The molecule has 6 rings (SSSR count). The number of hydrogen-bond acceptors (Lipinski definition) is 7. The number of nitro benzene ring substituents is 1. The third-order valence-corrected chi connectivity index (χ3v) is 10.4. The molecule has 2 aromatic carbocycles. The maximum absolute atomic E-state index is 13.9. The number of aromatic hydroxyl groups is 1. The zero-order chi connectivity index (χ0) is 28.7. The first-order valence-electron chi connectivity index (χ1n) is 12.4. The fourth-order valence-electron chi connectivity index (χ4n) is 6.83. The minimum atomic E-state index is -1.96. The van der Waals surface area contributed by atoms with Crippen molar-refractivity contribution in [3.63, 3.8) is 0 Å². The minimum Gasteiger partial charge on any atom is -0.508 e. The largest absolute Gasteiger partial charge is 0.508 e. The van der Waals surface area contributed by atoms with Gasteiger partial charge in [-0.05, 0) is 42.5 Å². The molecule has 10 nitrogen and oxygen atoms in total. The topological polar surface area (TPSA) is 138 Å². The number of imide groups is 2. The van der Waals surface area contributed by atoms with Gasteiger partial charge in [0.2, 0.25) is 11.8 Å². The van der Waals surface area contributed by atoms with Crippen LogP contribution in [0, 0.1) is 27.9 Å². The van der Waals surface area contributed by atoms with Crippen LogP contribution >= 0.6 is 39.1 Å². The molecular formula is C27H20BrCl2N3O7. The molecule has 0 unspecified atom stereocenters. The number of nitro groups is 1. The molecular weight excluding hydrogens is 629 g/mol. The fourth-order valence-corrected chi connectivity index (χ4v) is 8.26. The molecule has 13 heteroatoms. The zero-order valence-corrected chi connectivity index (χ0v) is 23.6. The predicted molar refractivity (Wildman–Crippen MR) is 147 cm³/mol. The molecule has 2 aliphatic carbocycles. The van der Waals surface area contributed by atoms with E-state index in [1.54, 1.807) is 18.2 Å². The second-order valence-corrected chi connectivity index (χ2v) is 12.1. The number of non-ortho nitro benzene ring substituents is 1. The van der Waals surface area contributed by atoms with Gasteiger partial charge >= 0.3 is 0 Å². The van der Waals surface area contributed by atoms with E-state index in [4.69, 9.17) is 23.2 Å². The highest BCUT2D eigenvalue weighted by atomic mass is 79.9. The summed E-state index contributed by atoms with van der Waals surface area (Å²) in [7, 11) is 0. The molecule has 2 aliphatic heterocycles. The average Bonchev–Trinajstić information content (AvgIpc) is 3.26. The van der Waals surface area contributed by atoms with Crippen molar-refractivity contribution in [1.82, 2.24) is 4.90 Å². The smallest absolute Gasteiger partial charge is 0.271 e. The number of likely N-dealkylation sites (tertiary alicyclic amines) is 1. The highest BCUT2D eigenvalue weighted by Gasteiger charge is 2.76. The van der Waals surface area contributed by atoms with E-state index in [1.165, 1.54) is 30.3 Å². The Hall–Kier alpha value is -3.28. The van der Waals surface area contributed by atoms with Gasteiger partial charge < -0.3 is 5.11 Å². The van der Waals surface area contributed by atoms with E-state index in [0.717, 1.165) is 15.9 Å². The normalized spacial score (nSPS) is 33.0. The first kappa shape index (κ1) is 26.9.